The number of hydrogen-bond donors (Lipinski definition) is 1. The summed E-state index contributed by atoms with van der Waals surface area (Å²) in [5, 5.41) is 14.5. The molecule has 0 radical (unpaired) electrons. The molecule has 32 heavy (non-hydrogen) atoms. The van der Waals surface area contributed by atoms with E-state index >= 15 is 0 Å². The monoisotopic (exact) mass is 420 g/mol. The fourth-order valence-electron chi connectivity index (χ4n) is 3.66. The van der Waals surface area contributed by atoms with Gasteiger partial charge in [0.1, 0.15) is 17.5 Å². The molecule has 0 unspecified atom stereocenters. The molecule has 156 valence electrons. The first kappa shape index (κ1) is 21.0. The second-order valence-electron chi connectivity index (χ2n) is 7.66. The number of nitrogens with one attached hydrogen (secondary N) is 1. The number of hydrogen-bond acceptors (Lipinski definition) is 2. The van der Waals surface area contributed by atoms with Gasteiger partial charge in [0.2, 0.25) is 0 Å². The Balaban J connectivity index is 1.76. The summed E-state index contributed by atoms with van der Waals surface area (Å²) in [6.07, 6.45) is 2.10. The lowest BCUT2D eigenvalue weighted by Crippen LogP contribution is -2.13. The van der Waals surface area contributed by atoms with E-state index in [1.807, 2.05) is 67.6 Å². The van der Waals surface area contributed by atoms with E-state index in [2.05, 4.69) is 5.32 Å². The van der Waals surface area contributed by atoms with Crippen LogP contribution in [0.15, 0.2) is 90.5 Å². The van der Waals surface area contributed by atoms with E-state index in [0.717, 1.165) is 33.0 Å². The molecule has 4 aromatic carbocycles. The van der Waals surface area contributed by atoms with Gasteiger partial charge < -0.3 is 5.32 Å². The molecule has 0 aromatic heterocycles. The van der Waals surface area contributed by atoms with Crippen LogP contribution >= 0.6 is 0 Å². The van der Waals surface area contributed by atoms with E-state index < -0.39 is 5.91 Å². The molecule has 0 atom stereocenters. The van der Waals surface area contributed by atoms with E-state index in [-0.39, 0.29) is 11.4 Å². The van der Waals surface area contributed by atoms with Crippen LogP contribution in [-0.4, -0.2) is 5.91 Å². The number of carbonyl (C=O) groups is 1. The Morgan fingerprint density at radius 1 is 1.00 bits per heavy atom. The Hall–Kier alpha value is -4.23. The second kappa shape index (κ2) is 9.28. The van der Waals surface area contributed by atoms with Gasteiger partial charge in [0.05, 0.1) is 0 Å². The Bertz CT molecular complexity index is 1360. The van der Waals surface area contributed by atoms with Crippen LogP contribution in [0.1, 0.15) is 22.3 Å². The number of amides is 1. The molecule has 1 amide bonds. The molecule has 0 saturated heterocycles. The minimum absolute atomic E-state index is 0.00224. The highest BCUT2D eigenvalue weighted by Gasteiger charge is 2.13. The maximum Gasteiger partial charge on any atom is 0.266 e. The number of halogens is 1. The molecule has 0 fully saturated rings. The normalized spacial score (nSPS) is 11.2. The number of benzene rings is 4. The topological polar surface area (TPSA) is 52.9 Å². The largest absolute Gasteiger partial charge is 0.321 e. The number of fused-ring (bicyclic) bond motifs is 1. The molecule has 4 aromatic rings. The number of rotatable bonds is 5. The summed E-state index contributed by atoms with van der Waals surface area (Å²) in [5.41, 5.74) is 4.21. The lowest BCUT2D eigenvalue weighted by atomic mass is 9.93. The zero-order valence-electron chi connectivity index (χ0n) is 17.6. The molecule has 4 rings (SSSR count). The Morgan fingerprint density at radius 3 is 2.53 bits per heavy atom. The summed E-state index contributed by atoms with van der Waals surface area (Å²) in [6.45, 7) is 1.97. The third-order valence-electron chi connectivity index (χ3n) is 5.31. The van der Waals surface area contributed by atoms with Crippen molar-refractivity contribution in [1.82, 2.24) is 0 Å². The highest BCUT2D eigenvalue weighted by atomic mass is 19.1. The zero-order valence-corrected chi connectivity index (χ0v) is 17.6. The standard InChI is InChI=1S/C28H21FN2O/c1-19-9-13-25(14-10-19)31-28(32)23(18-30)17-27-22(15-20-5-4-7-24(29)16-20)12-11-21-6-2-3-8-26(21)27/h2-14,16-17H,15H2,1H3,(H,31,32)/b23-17+. The lowest BCUT2D eigenvalue weighted by Gasteiger charge is -2.12. The van der Waals surface area contributed by atoms with Crippen molar-refractivity contribution in [2.45, 2.75) is 13.3 Å². The maximum atomic E-state index is 13.7. The van der Waals surface area contributed by atoms with E-state index in [1.165, 1.54) is 12.1 Å². The predicted molar refractivity (Wildman–Crippen MR) is 127 cm³/mol. The number of anilines is 1. The molecule has 0 bridgehead atoms. The third-order valence-corrected chi connectivity index (χ3v) is 5.31. The Morgan fingerprint density at radius 2 is 1.78 bits per heavy atom. The van der Waals surface area contributed by atoms with Crippen LogP contribution < -0.4 is 5.32 Å². The van der Waals surface area contributed by atoms with Gasteiger partial charge in [-0.1, -0.05) is 66.2 Å². The fraction of sp³-hybridized carbons (Fsp3) is 0.0714. The minimum Gasteiger partial charge on any atom is -0.321 e. The van der Waals surface area contributed by atoms with Crippen LogP contribution in [0.25, 0.3) is 16.8 Å². The van der Waals surface area contributed by atoms with Gasteiger partial charge in [0, 0.05) is 5.69 Å². The number of nitrogens with zero attached hydrogens (tertiary/aromatic N) is 1. The maximum absolute atomic E-state index is 13.7. The van der Waals surface area contributed by atoms with Crippen molar-refractivity contribution in [1.29, 1.82) is 5.26 Å². The molecule has 3 nitrogen and oxygen atoms in total. The molecule has 4 heteroatoms. The smallest absolute Gasteiger partial charge is 0.266 e. The van der Waals surface area contributed by atoms with Gasteiger partial charge in [-0.05, 0) is 71.1 Å². The van der Waals surface area contributed by atoms with Gasteiger partial charge in [-0.15, -0.1) is 0 Å². The van der Waals surface area contributed by atoms with E-state index in [0.29, 0.717) is 12.1 Å². The van der Waals surface area contributed by atoms with Crippen LogP contribution in [-0.2, 0) is 11.2 Å². The van der Waals surface area contributed by atoms with Gasteiger partial charge in [-0.25, -0.2) is 4.39 Å². The Kier molecular flexibility index (Phi) is 6.10. The van der Waals surface area contributed by atoms with Crippen molar-refractivity contribution in [3.8, 4) is 6.07 Å². The van der Waals surface area contributed by atoms with Crippen LogP contribution in [0.5, 0.6) is 0 Å². The van der Waals surface area contributed by atoms with E-state index in [1.54, 1.807) is 24.3 Å². The van der Waals surface area contributed by atoms with E-state index in [4.69, 9.17) is 0 Å². The van der Waals surface area contributed by atoms with Crippen LogP contribution in [0, 0.1) is 24.1 Å². The Labute approximate surface area is 186 Å². The third kappa shape index (κ3) is 4.74. The summed E-state index contributed by atoms with van der Waals surface area (Å²) in [6, 6.07) is 27.6. The lowest BCUT2D eigenvalue weighted by molar-refractivity contribution is -0.112. The van der Waals surface area contributed by atoms with Crippen LogP contribution in [0.3, 0.4) is 0 Å². The van der Waals surface area contributed by atoms with Gasteiger partial charge in [0.25, 0.3) is 5.91 Å². The highest BCUT2D eigenvalue weighted by Crippen LogP contribution is 2.27. The quantitative estimate of drug-likeness (QED) is 0.299. The van der Waals surface area contributed by atoms with Crippen LogP contribution in [0.2, 0.25) is 0 Å². The van der Waals surface area contributed by atoms with Crippen molar-refractivity contribution in [3.63, 3.8) is 0 Å². The molecule has 0 saturated carbocycles. The summed E-state index contributed by atoms with van der Waals surface area (Å²) in [7, 11) is 0. The molecule has 0 spiro atoms. The molecule has 1 N–H and O–H groups in total. The average molecular weight is 420 g/mol. The van der Waals surface area contributed by atoms with Crippen molar-refractivity contribution in [3.05, 3.63) is 119 Å². The highest BCUT2D eigenvalue weighted by molar-refractivity contribution is 6.11. The average Bonchev–Trinajstić information content (AvgIpc) is 2.80. The van der Waals surface area contributed by atoms with Crippen molar-refractivity contribution in [2.75, 3.05) is 5.32 Å². The first-order valence-electron chi connectivity index (χ1n) is 10.3. The zero-order chi connectivity index (χ0) is 22.5. The van der Waals surface area contributed by atoms with Gasteiger partial charge >= 0.3 is 0 Å². The number of aryl methyl sites for hydroxylation is 1. The number of nitriles is 1. The first-order chi connectivity index (χ1) is 15.5. The fourth-order valence-corrected chi connectivity index (χ4v) is 3.66. The molecular weight excluding hydrogens is 399 g/mol. The van der Waals surface area contributed by atoms with Gasteiger partial charge in [-0.2, -0.15) is 5.26 Å². The molecule has 0 aliphatic carbocycles. The summed E-state index contributed by atoms with van der Waals surface area (Å²) in [5.74, 6) is -0.767. The van der Waals surface area contributed by atoms with Crippen molar-refractivity contribution >= 4 is 28.4 Å². The summed E-state index contributed by atoms with van der Waals surface area (Å²) in [4.78, 5) is 12.8. The van der Waals surface area contributed by atoms with Crippen molar-refractivity contribution in [2.24, 2.45) is 0 Å². The SMILES string of the molecule is Cc1ccc(NC(=O)/C(C#N)=C/c2c(Cc3cccc(F)c3)ccc3ccccc23)cc1. The summed E-state index contributed by atoms with van der Waals surface area (Å²) >= 11 is 0. The summed E-state index contributed by atoms with van der Waals surface area (Å²) < 4.78 is 13.7. The second-order valence-corrected chi connectivity index (χ2v) is 7.66. The predicted octanol–water partition coefficient (Wildman–Crippen LogP) is 6.42. The molecule has 0 heterocycles. The van der Waals surface area contributed by atoms with E-state index in [9.17, 15) is 14.4 Å². The molecule has 0 aliphatic rings. The molecule has 0 aliphatic heterocycles. The van der Waals surface area contributed by atoms with Gasteiger partial charge in [-0.3, -0.25) is 4.79 Å². The van der Waals surface area contributed by atoms with Gasteiger partial charge in [0.15, 0.2) is 0 Å². The minimum atomic E-state index is -0.471. The first-order valence-corrected chi connectivity index (χ1v) is 10.3. The molecular formula is C28H21FN2O. The van der Waals surface area contributed by atoms with Crippen LogP contribution in [0.4, 0.5) is 10.1 Å². The number of carbonyl (C=O) groups excluding carboxylic acids is 1. The van der Waals surface area contributed by atoms with Crippen molar-refractivity contribution < 1.29 is 9.18 Å².